The average Bonchev–Trinajstić information content (AvgIpc) is 2.80. The standard InChI is InChI=1S/C24H23N3O5/c1-15(23(29)30)11-19(27-22(28)20-13-21(24(31)32)26-14-25-20)12-16-7-9-18(10-8-16)17-5-3-2-4-6-17/h2-10,13-15,19H,11-12H2,1H3,(H,27,28)(H,29,30)(H,31,32)/t15-,19+/m0/s1. The number of amides is 1. The van der Waals surface area contributed by atoms with Crippen LogP contribution in [0.15, 0.2) is 67.0 Å². The second-order valence-electron chi connectivity index (χ2n) is 7.51. The van der Waals surface area contributed by atoms with Gasteiger partial charge in [0.25, 0.3) is 5.91 Å². The van der Waals surface area contributed by atoms with Crippen LogP contribution >= 0.6 is 0 Å². The number of aromatic nitrogens is 2. The Hall–Kier alpha value is -4.07. The molecule has 32 heavy (non-hydrogen) atoms. The van der Waals surface area contributed by atoms with Crippen molar-refractivity contribution in [2.45, 2.75) is 25.8 Å². The van der Waals surface area contributed by atoms with Crippen LogP contribution in [0, 0.1) is 5.92 Å². The molecule has 0 spiro atoms. The number of hydrogen-bond donors (Lipinski definition) is 3. The van der Waals surface area contributed by atoms with Crippen molar-refractivity contribution < 1.29 is 24.6 Å². The lowest BCUT2D eigenvalue weighted by Gasteiger charge is -2.21. The predicted molar refractivity (Wildman–Crippen MR) is 117 cm³/mol. The van der Waals surface area contributed by atoms with Gasteiger partial charge in [-0.05, 0) is 29.5 Å². The molecule has 3 aromatic rings. The highest BCUT2D eigenvalue weighted by Crippen LogP contribution is 2.21. The Morgan fingerprint density at radius 3 is 2.16 bits per heavy atom. The Bertz CT molecular complexity index is 1100. The maximum absolute atomic E-state index is 12.7. The largest absolute Gasteiger partial charge is 0.481 e. The molecule has 2 aromatic carbocycles. The van der Waals surface area contributed by atoms with Crippen LogP contribution in [-0.4, -0.2) is 44.1 Å². The zero-order valence-electron chi connectivity index (χ0n) is 17.4. The van der Waals surface area contributed by atoms with Crippen LogP contribution in [0.4, 0.5) is 0 Å². The molecular formula is C24H23N3O5. The third kappa shape index (κ3) is 5.98. The molecule has 0 bridgehead atoms. The van der Waals surface area contributed by atoms with Crippen LogP contribution in [-0.2, 0) is 11.2 Å². The van der Waals surface area contributed by atoms with E-state index in [0.717, 1.165) is 29.1 Å². The monoisotopic (exact) mass is 433 g/mol. The van der Waals surface area contributed by atoms with E-state index in [1.165, 1.54) is 0 Å². The van der Waals surface area contributed by atoms with Gasteiger partial charge in [-0.25, -0.2) is 14.8 Å². The summed E-state index contributed by atoms with van der Waals surface area (Å²) in [4.78, 5) is 42.6. The van der Waals surface area contributed by atoms with Crippen molar-refractivity contribution in [3.05, 3.63) is 83.9 Å². The number of aromatic carboxylic acids is 1. The maximum atomic E-state index is 12.7. The molecular weight excluding hydrogens is 410 g/mol. The lowest BCUT2D eigenvalue weighted by atomic mass is 9.95. The molecule has 0 fully saturated rings. The van der Waals surface area contributed by atoms with Gasteiger partial charge in [-0.1, -0.05) is 61.5 Å². The van der Waals surface area contributed by atoms with Gasteiger partial charge in [0.2, 0.25) is 0 Å². The van der Waals surface area contributed by atoms with E-state index in [-0.39, 0.29) is 17.8 Å². The van der Waals surface area contributed by atoms with E-state index in [4.69, 9.17) is 5.11 Å². The Balaban J connectivity index is 1.77. The first-order chi connectivity index (χ1) is 15.3. The van der Waals surface area contributed by atoms with Crippen molar-refractivity contribution in [3.63, 3.8) is 0 Å². The number of aliphatic carboxylic acids is 1. The van der Waals surface area contributed by atoms with Gasteiger partial charge in [-0.2, -0.15) is 0 Å². The Kier molecular flexibility index (Phi) is 7.28. The van der Waals surface area contributed by atoms with Crippen molar-refractivity contribution in [2.75, 3.05) is 0 Å². The van der Waals surface area contributed by atoms with Crippen LogP contribution < -0.4 is 5.32 Å². The molecule has 0 aliphatic carbocycles. The zero-order chi connectivity index (χ0) is 23.1. The summed E-state index contributed by atoms with van der Waals surface area (Å²) in [6, 6.07) is 18.4. The molecule has 0 radical (unpaired) electrons. The van der Waals surface area contributed by atoms with Crippen molar-refractivity contribution >= 4 is 17.8 Å². The van der Waals surface area contributed by atoms with E-state index < -0.39 is 29.8 Å². The van der Waals surface area contributed by atoms with Crippen LogP contribution in [0.1, 0.15) is 39.9 Å². The summed E-state index contributed by atoms with van der Waals surface area (Å²) in [5.41, 5.74) is 2.68. The van der Waals surface area contributed by atoms with Crippen LogP contribution in [0.5, 0.6) is 0 Å². The Morgan fingerprint density at radius 1 is 0.906 bits per heavy atom. The van der Waals surface area contributed by atoms with Gasteiger partial charge < -0.3 is 15.5 Å². The third-order valence-electron chi connectivity index (χ3n) is 5.06. The van der Waals surface area contributed by atoms with Crippen molar-refractivity contribution in [1.29, 1.82) is 0 Å². The van der Waals surface area contributed by atoms with Gasteiger partial charge in [-0.3, -0.25) is 9.59 Å². The van der Waals surface area contributed by atoms with Crippen LogP contribution in [0.25, 0.3) is 11.1 Å². The minimum atomic E-state index is -1.27. The van der Waals surface area contributed by atoms with E-state index in [0.29, 0.717) is 6.42 Å². The lowest BCUT2D eigenvalue weighted by Crippen LogP contribution is -2.39. The topological polar surface area (TPSA) is 129 Å². The summed E-state index contributed by atoms with van der Waals surface area (Å²) >= 11 is 0. The van der Waals surface area contributed by atoms with E-state index in [1.807, 2.05) is 54.6 Å². The summed E-state index contributed by atoms with van der Waals surface area (Å²) in [5, 5.41) is 21.2. The first-order valence-electron chi connectivity index (χ1n) is 10.1. The van der Waals surface area contributed by atoms with Crippen molar-refractivity contribution in [1.82, 2.24) is 15.3 Å². The number of benzene rings is 2. The summed E-state index contributed by atoms with van der Waals surface area (Å²) in [6.07, 6.45) is 1.63. The molecule has 1 amide bonds. The smallest absolute Gasteiger partial charge is 0.354 e. The molecule has 3 rings (SSSR count). The SMILES string of the molecule is C[C@@H](C[C@H](Cc1ccc(-c2ccccc2)cc1)NC(=O)c1cc(C(=O)O)ncn1)C(=O)O. The van der Waals surface area contributed by atoms with E-state index in [2.05, 4.69) is 15.3 Å². The second-order valence-corrected chi connectivity index (χ2v) is 7.51. The number of carboxylic acids is 2. The molecule has 8 nitrogen and oxygen atoms in total. The first kappa shape index (κ1) is 22.6. The number of nitrogens with one attached hydrogen (secondary N) is 1. The van der Waals surface area contributed by atoms with Crippen molar-refractivity contribution in [2.24, 2.45) is 5.92 Å². The quantitative estimate of drug-likeness (QED) is 0.472. The van der Waals surface area contributed by atoms with Gasteiger partial charge >= 0.3 is 11.9 Å². The Labute approximate surface area is 185 Å². The number of rotatable bonds is 9. The van der Waals surface area contributed by atoms with E-state index in [9.17, 15) is 19.5 Å². The number of carbonyl (C=O) groups excluding carboxylic acids is 1. The average molecular weight is 433 g/mol. The molecule has 1 heterocycles. The molecule has 164 valence electrons. The fourth-order valence-corrected chi connectivity index (χ4v) is 3.33. The van der Waals surface area contributed by atoms with E-state index >= 15 is 0 Å². The van der Waals surface area contributed by atoms with Crippen LogP contribution in [0.3, 0.4) is 0 Å². The van der Waals surface area contributed by atoms with E-state index in [1.54, 1.807) is 6.92 Å². The minimum Gasteiger partial charge on any atom is -0.481 e. The zero-order valence-corrected chi connectivity index (χ0v) is 17.4. The molecule has 0 saturated heterocycles. The molecule has 0 saturated carbocycles. The molecule has 2 atom stereocenters. The summed E-state index contributed by atoms with van der Waals surface area (Å²) in [6.45, 7) is 1.58. The van der Waals surface area contributed by atoms with Gasteiger partial charge in [0, 0.05) is 12.1 Å². The highest BCUT2D eigenvalue weighted by atomic mass is 16.4. The van der Waals surface area contributed by atoms with Gasteiger partial charge in [0.15, 0.2) is 5.69 Å². The minimum absolute atomic E-state index is 0.0928. The summed E-state index contributed by atoms with van der Waals surface area (Å²) in [7, 11) is 0. The molecule has 0 aliphatic heterocycles. The van der Waals surface area contributed by atoms with Crippen LogP contribution in [0.2, 0.25) is 0 Å². The highest BCUT2D eigenvalue weighted by molar-refractivity contribution is 5.95. The molecule has 1 aromatic heterocycles. The summed E-state index contributed by atoms with van der Waals surface area (Å²) < 4.78 is 0. The lowest BCUT2D eigenvalue weighted by molar-refractivity contribution is -0.141. The third-order valence-corrected chi connectivity index (χ3v) is 5.06. The second kappa shape index (κ2) is 10.3. The fourth-order valence-electron chi connectivity index (χ4n) is 3.33. The van der Waals surface area contributed by atoms with Gasteiger partial charge in [0.05, 0.1) is 5.92 Å². The maximum Gasteiger partial charge on any atom is 0.354 e. The first-order valence-corrected chi connectivity index (χ1v) is 10.1. The molecule has 0 unspecified atom stereocenters. The summed E-state index contributed by atoms with van der Waals surface area (Å²) in [5.74, 6) is -3.49. The number of carbonyl (C=O) groups is 3. The molecule has 0 aliphatic rings. The highest BCUT2D eigenvalue weighted by Gasteiger charge is 2.22. The van der Waals surface area contributed by atoms with Gasteiger partial charge in [-0.15, -0.1) is 0 Å². The molecule has 3 N–H and O–H groups in total. The molecule has 8 heteroatoms. The van der Waals surface area contributed by atoms with Crippen molar-refractivity contribution in [3.8, 4) is 11.1 Å². The predicted octanol–water partition coefficient (Wildman–Crippen LogP) is 3.29. The number of hydrogen-bond acceptors (Lipinski definition) is 5. The number of carboxylic acid groups (broad SMARTS) is 2. The normalized spacial score (nSPS) is 12.5. The number of nitrogens with zero attached hydrogens (tertiary/aromatic N) is 2. The van der Waals surface area contributed by atoms with Gasteiger partial charge in [0.1, 0.15) is 12.0 Å². The Morgan fingerprint density at radius 2 is 1.53 bits per heavy atom. The fraction of sp³-hybridized carbons (Fsp3) is 0.208.